The Morgan fingerprint density at radius 3 is 2.50 bits per heavy atom. The molecule has 0 aliphatic rings. The zero-order valence-corrected chi connectivity index (χ0v) is 13.7. The minimum atomic E-state index is -0.445. The van der Waals surface area contributed by atoms with Crippen LogP contribution in [0.1, 0.15) is 5.56 Å². The lowest BCUT2D eigenvalue weighted by Crippen LogP contribution is -2.33. The van der Waals surface area contributed by atoms with Crippen molar-refractivity contribution in [2.45, 2.75) is 6.42 Å². The number of carbonyl (C=O) groups is 2. The predicted octanol–water partition coefficient (Wildman–Crippen LogP) is 1.70. The Morgan fingerprint density at radius 2 is 1.81 bits per heavy atom. The number of nitrogens with zero attached hydrogens (tertiary/aromatic N) is 3. The summed E-state index contributed by atoms with van der Waals surface area (Å²) in [7, 11) is 0. The Morgan fingerprint density at radius 1 is 1.04 bits per heavy atom. The molecule has 1 heterocycles. The van der Waals surface area contributed by atoms with E-state index in [1.165, 1.54) is 18.5 Å². The van der Waals surface area contributed by atoms with Gasteiger partial charge in [0, 0.05) is 5.69 Å². The maximum Gasteiger partial charge on any atom is 0.243 e. The highest BCUT2D eigenvalue weighted by atomic mass is 19.1. The molecule has 7 nitrogen and oxygen atoms in total. The Balaban J connectivity index is 1.48. The third kappa shape index (κ3) is 4.50. The maximum atomic E-state index is 13.5. The quantitative estimate of drug-likeness (QED) is 0.706. The zero-order valence-electron chi connectivity index (χ0n) is 13.7. The fourth-order valence-electron chi connectivity index (χ4n) is 2.30. The first-order chi connectivity index (χ1) is 12.6. The summed E-state index contributed by atoms with van der Waals surface area (Å²) in [4.78, 5) is 27.6. The van der Waals surface area contributed by atoms with Crippen molar-refractivity contribution < 1.29 is 14.0 Å². The van der Waals surface area contributed by atoms with Crippen LogP contribution < -0.4 is 10.6 Å². The molecule has 8 heteroatoms. The smallest absolute Gasteiger partial charge is 0.243 e. The van der Waals surface area contributed by atoms with Gasteiger partial charge in [-0.3, -0.25) is 9.59 Å². The summed E-state index contributed by atoms with van der Waals surface area (Å²) < 4.78 is 15.1. The maximum absolute atomic E-state index is 13.5. The van der Waals surface area contributed by atoms with Crippen molar-refractivity contribution in [1.29, 1.82) is 0 Å². The minimum Gasteiger partial charge on any atom is -0.347 e. The summed E-state index contributed by atoms with van der Waals surface area (Å²) in [5.41, 5.74) is 1.68. The molecule has 2 amide bonds. The molecular formula is C18H16FN5O2. The van der Waals surface area contributed by atoms with Crippen molar-refractivity contribution in [2.75, 3.05) is 11.9 Å². The molecule has 3 aromatic rings. The van der Waals surface area contributed by atoms with Gasteiger partial charge in [0.25, 0.3) is 0 Å². The van der Waals surface area contributed by atoms with Gasteiger partial charge in [0.1, 0.15) is 18.5 Å². The number of nitrogens with one attached hydrogen (secondary N) is 2. The highest BCUT2D eigenvalue weighted by Crippen LogP contribution is 2.12. The second-order valence-electron chi connectivity index (χ2n) is 5.48. The zero-order chi connectivity index (χ0) is 18.4. The molecule has 0 unspecified atom stereocenters. The third-order valence-corrected chi connectivity index (χ3v) is 3.59. The molecule has 0 bridgehead atoms. The Kier molecular flexibility index (Phi) is 5.33. The fourth-order valence-corrected chi connectivity index (χ4v) is 2.30. The first kappa shape index (κ1) is 17.3. The lowest BCUT2D eigenvalue weighted by molar-refractivity contribution is -0.123. The van der Waals surface area contributed by atoms with E-state index in [1.54, 1.807) is 47.4 Å². The van der Waals surface area contributed by atoms with E-state index in [0.717, 1.165) is 5.69 Å². The highest BCUT2D eigenvalue weighted by molar-refractivity contribution is 5.94. The second kappa shape index (κ2) is 8.02. The summed E-state index contributed by atoms with van der Waals surface area (Å²) >= 11 is 0. The van der Waals surface area contributed by atoms with Crippen molar-refractivity contribution in [3.63, 3.8) is 0 Å². The molecule has 2 aromatic carbocycles. The van der Waals surface area contributed by atoms with Gasteiger partial charge in [-0.25, -0.2) is 14.1 Å². The van der Waals surface area contributed by atoms with Crippen LogP contribution in [0.2, 0.25) is 0 Å². The number of hydrogen-bond acceptors (Lipinski definition) is 4. The van der Waals surface area contributed by atoms with Crippen LogP contribution in [0.4, 0.5) is 10.1 Å². The molecule has 2 N–H and O–H groups in total. The Labute approximate surface area is 148 Å². The predicted molar refractivity (Wildman–Crippen MR) is 93.1 cm³/mol. The summed E-state index contributed by atoms with van der Waals surface area (Å²) in [6.45, 7) is -0.196. The molecule has 0 spiro atoms. The average molecular weight is 353 g/mol. The van der Waals surface area contributed by atoms with Crippen molar-refractivity contribution >= 4 is 17.5 Å². The molecule has 132 valence electrons. The molecule has 0 aliphatic carbocycles. The number of rotatable bonds is 6. The first-order valence-corrected chi connectivity index (χ1v) is 7.87. The van der Waals surface area contributed by atoms with E-state index in [2.05, 4.69) is 20.7 Å². The van der Waals surface area contributed by atoms with Crippen LogP contribution in [-0.4, -0.2) is 33.1 Å². The number of anilines is 1. The SMILES string of the molecule is O=C(Cc1ccccc1F)NCC(=O)Nc1ccc(-n2cncn2)cc1. The number of benzene rings is 2. The van der Waals surface area contributed by atoms with Crippen LogP contribution in [0.25, 0.3) is 5.69 Å². The lowest BCUT2D eigenvalue weighted by atomic mass is 10.1. The molecule has 0 fully saturated rings. The van der Waals surface area contributed by atoms with E-state index in [9.17, 15) is 14.0 Å². The monoisotopic (exact) mass is 353 g/mol. The Hall–Kier alpha value is -3.55. The van der Waals surface area contributed by atoms with Crippen LogP contribution in [-0.2, 0) is 16.0 Å². The van der Waals surface area contributed by atoms with Gasteiger partial charge < -0.3 is 10.6 Å². The Bertz CT molecular complexity index is 894. The van der Waals surface area contributed by atoms with Gasteiger partial charge >= 0.3 is 0 Å². The summed E-state index contributed by atoms with van der Waals surface area (Å²) in [5, 5.41) is 9.15. The van der Waals surface area contributed by atoms with E-state index in [0.29, 0.717) is 5.69 Å². The van der Waals surface area contributed by atoms with Gasteiger partial charge in [-0.2, -0.15) is 5.10 Å². The van der Waals surface area contributed by atoms with E-state index >= 15 is 0 Å². The summed E-state index contributed by atoms with van der Waals surface area (Å²) in [6, 6.07) is 13.0. The van der Waals surface area contributed by atoms with E-state index in [4.69, 9.17) is 0 Å². The van der Waals surface area contributed by atoms with Crippen LogP contribution in [0.15, 0.2) is 61.2 Å². The highest BCUT2D eigenvalue weighted by Gasteiger charge is 2.09. The molecular weight excluding hydrogens is 337 g/mol. The van der Waals surface area contributed by atoms with Crippen LogP contribution in [0.5, 0.6) is 0 Å². The topological polar surface area (TPSA) is 88.9 Å². The van der Waals surface area contributed by atoms with E-state index in [-0.39, 0.29) is 24.4 Å². The average Bonchev–Trinajstić information content (AvgIpc) is 3.17. The number of hydrogen-bond donors (Lipinski definition) is 2. The van der Waals surface area contributed by atoms with Crippen LogP contribution in [0, 0.1) is 5.82 Å². The molecule has 0 radical (unpaired) electrons. The first-order valence-electron chi connectivity index (χ1n) is 7.87. The molecule has 0 saturated heterocycles. The normalized spacial score (nSPS) is 10.3. The van der Waals surface area contributed by atoms with Crippen LogP contribution in [0.3, 0.4) is 0 Å². The van der Waals surface area contributed by atoms with Gasteiger partial charge in [-0.05, 0) is 35.9 Å². The number of aromatic nitrogens is 3. The van der Waals surface area contributed by atoms with E-state index in [1.807, 2.05) is 0 Å². The molecule has 0 atom stereocenters. The van der Waals surface area contributed by atoms with E-state index < -0.39 is 11.7 Å². The molecule has 0 saturated carbocycles. The third-order valence-electron chi connectivity index (χ3n) is 3.59. The van der Waals surface area contributed by atoms with Gasteiger partial charge in [-0.1, -0.05) is 18.2 Å². The minimum absolute atomic E-state index is 0.118. The molecule has 0 aliphatic heterocycles. The van der Waals surface area contributed by atoms with Gasteiger partial charge in [0.2, 0.25) is 11.8 Å². The standard InChI is InChI=1S/C18H16FN5O2/c19-16-4-2-1-3-13(16)9-17(25)21-10-18(26)23-14-5-7-15(8-6-14)24-12-20-11-22-24/h1-8,11-12H,9-10H2,(H,21,25)(H,23,26). The number of carbonyl (C=O) groups excluding carboxylic acids is 2. The van der Waals surface area contributed by atoms with Gasteiger partial charge in [0.05, 0.1) is 18.7 Å². The van der Waals surface area contributed by atoms with Crippen molar-refractivity contribution in [3.05, 3.63) is 72.6 Å². The largest absolute Gasteiger partial charge is 0.347 e. The lowest BCUT2D eigenvalue weighted by Gasteiger charge is -2.08. The number of halogens is 1. The van der Waals surface area contributed by atoms with Crippen LogP contribution >= 0.6 is 0 Å². The fraction of sp³-hybridized carbons (Fsp3) is 0.111. The summed E-state index contributed by atoms with van der Waals surface area (Å²) in [5.74, 6) is -1.24. The van der Waals surface area contributed by atoms with Crippen molar-refractivity contribution in [1.82, 2.24) is 20.1 Å². The van der Waals surface area contributed by atoms with Gasteiger partial charge in [0.15, 0.2) is 0 Å². The van der Waals surface area contributed by atoms with Crippen molar-refractivity contribution in [2.24, 2.45) is 0 Å². The summed E-state index contributed by atoms with van der Waals surface area (Å²) in [6.07, 6.45) is 2.88. The second-order valence-corrected chi connectivity index (χ2v) is 5.48. The molecule has 1 aromatic heterocycles. The molecule has 3 rings (SSSR count). The number of amides is 2. The van der Waals surface area contributed by atoms with Crippen molar-refractivity contribution in [3.8, 4) is 5.69 Å². The molecule has 26 heavy (non-hydrogen) atoms. The van der Waals surface area contributed by atoms with Gasteiger partial charge in [-0.15, -0.1) is 0 Å².